The van der Waals surface area contributed by atoms with Crippen LogP contribution in [0.3, 0.4) is 0 Å². The fourth-order valence-electron chi connectivity index (χ4n) is 5.19. The van der Waals surface area contributed by atoms with Crippen molar-refractivity contribution >= 4 is 11.7 Å². The van der Waals surface area contributed by atoms with Crippen LogP contribution in [0.4, 0.5) is 14.6 Å². The first kappa shape index (κ1) is 22.7. The van der Waals surface area contributed by atoms with Gasteiger partial charge in [0.1, 0.15) is 5.82 Å². The van der Waals surface area contributed by atoms with Crippen LogP contribution in [0.15, 0.2) is 54.7 Å². The second kappa shape index (κ2) is 8.74. The van der Waals surface area contributed by atoms with E-state index in [1.165, 1.54) is 6.07 Å². The number of nitrogens with one attached hydrogen (secondary N) is 1. The molecule has 0 bridgehead atoms. The van der Waals surface area contributed by atoms with E-state index in [9.17, 15) is 13.6 Å². The van der Waals surface area contributed by atoms with Crippen LogP contribution in [0.25, 0.3) is 11.1 Å². The molecule has 0 saturated carbocycles. The molecule has 186 valence electrons. The van der Waals surface area contributed by atoms with Gasteiger partial charge in [-0.3, -0.25) is 4.79 Å². The summed E-state index contributed by atoms with van der Waals surface area (Å²) in [5.74, 6) is 0.580. The number of anilines is 1. The molecule has 1 aromatic heterocycles. The van der Waals surface area contributed by atoms with E-state index in [-0.39, 0.29) is 23.3 Å². The number of likely N-dealkylation sites (N-methyl/N-ethyl adjacent to an activating group) is 1. The molecule has 7 nitrogen and oxygen atoms in total. The quantitative estimate of drug-likeness (QED) is 0.582. The number of ether oxygens (including phenoxy) is 2. The zero-order valence-corrected chi connectivity index (χ0v) is 19.8. The molecule has 1 fully saturated rings. The molecule has 1 unspecified atom stereocenters. The molecule has 6 rings (SSSR count). The van der Waals surface area contributed by atoms with Crippen LogP contribution >= 0.6 is 0 Å². The molecule has 3 aliphatic heterocycles. The number of amides is 1. The summed E-state index contributed by atoms with van der Waals surface area (Å²) in [5.41, 5.74) is 3.86. The molecule has 1 N–H and O–H groups in total. The number of pyridine rings is 1. The maximum Gasteiger partial charge on any atom is 0.586 e. The minimum atomic E-state index is -3.68. The first-order valence-electron chi connectivity index (χ1n) is 12.2. The number of alkyl halides is 2. The Balaban J connectivity index is 1.28. The number of carbonyl (C=O) groups excluding carboxylic acids is 1. The van der Waals surface area contributed by atoms with Crippen LogP contribution in [-0.4, -0.2) is 66.3 Å². The summed E-state index contributed by atoms with van der Waals surface area (Å²) < 4.78 is 37.0. The highest BCUT2D eigenvalue weighted by atomic mass is 19.3. The molecule has 3 aliphatic rings. The third kappa shape index (κ3) is 4.03. The van der Waals surface area contributed by atoms with Crippen molar-refractivity contribution in [3.8, 4) is 22.6 Å². The van der Waals surface area contributed by atoms with Gasteiger partial charge in [-0.05, 0) is 36.4 Å². The summed E-state index contributed by atoms with van der Waals surface area (Å²) in [6.07, 6.45) is -1.91. The topological polar surface area (TPSA) is 66.9 Å². The fraction of sp³-hybridized carbons (Fsp3) is 0.333. The third-order valence-electron chi connectivity index (χ3n) is 7.15. The molecular formula is C27H26F2N4O3. The van der Waals surface area contributed by atoms with E-state index in [0.29, 0.717) is 23.5 Å². The average molecular weight is 493 g/mol. The van der Waals surface area contributed by atoms with Crippen LogP contribution in [0.5, 0.6) is 11.5 Å². The van der Waals surface area contributed by atoms with E-state index >= 15 is 0 Å². The van der Waals surface area contributed by atoms with Gasteiger partial charge in [-0.25, -0.2) is 4.98 Å². The first-order valence-corrected chi connectivity index (χ1v) is 12.2. The van der Waals surface area contributed by atoms with E-state index < -0.39 is 6.29 Å². The molecule has 1 atom stereocenters. The first-order chi connectivity index (χ1) is 17.4. The summed E-state index contributed by atoms with van der Waals surface area (Å²) in [7, 11) is 0. The number of hydrogen-bond donors (Lipinski definition) is 1. The number of hydrogen-bond acceptors (Lipinski definition) is 6. The predicted octanol–water partition coefficient (Wildman–Crippen LogP) is 4.41. The van der Waals surface area contributed by atoms with Gasteiger partial charge in [-0.1, -0.05) is 31.2 Å². The number of benzene rings is 2. The third-order valence-corrected chi connectivity index (χ3v) is 7.15. The number of rotatable bonds is 4. The fourth-order valence-corrected chi connectivity index (χ4v) is 5.19. The monoisotopic (exact) mass is 492 g/mol. The standard InChI is InChI=1S/C27H26F2N4O3/c1-2-32-9-11-33(12-10-32)26(34)18-6-3-5-17(13-18)19-14-21-22(16-31-25(21)30-15-19)20-7-4-8-23-24(20)36-27(28,29)35-23/h3-8,13-15,22H,2,9-12,16H2,1H3,(H,30,31). The maximum absolute atomic E-state index is 13.8. The Hall–Kier alpha value is -3.72. The maximum atomic E-state index is 13.8. The highest BCUT2D eigenvalue weighted by molar-refractivity contribution is 5.95. The van der Waals surface area contributed by atoms with Gasteiger partial charge in [-0.15, -0.1) is 8.78 Å². The lowest BCUT2D eigenvalue weighted by molar-refractivity contribution is -0.287. The Morgan fingerprint density at radius 1 is 1.06 bits per heavy atom. The number of carbonyl (C=O) groups is 1. The molecule has 2 aromatic carbocycles. The van der Waals surface area contributed by atoms with E-state index in [1.807, 2.05) is 35.2 Å². The van der Waals surface area contributed by atoms with Gasteiger partial charge in [-0.2, -0.15) is 0 Å². The van der Waals surface area contributed by atoms with Crippen LogP contribution in [0, 0.1) is 0 Å². The summed E-state index contributed by atoms with van der Waals surface area (Å²) >= 11 is 0. The van der Waals surface area contributed by atoms with Crippen LogP contribution in [-0.2, 0) is 0 Å². The smallest absolute Gasteiger partial charge is 0.395 e. The molecule has 1 amide bonds. The van der Waals surface area contributed by atoms with Crippen molar-refractivity contribution in [3.05, 3.63) is 71.4 Å². The molecule has 3 aromatic rings. The molecule has 0 spiro atoms. The molecular weight excluding hydrogens is 466 g/mol. The van der Waals surface area contributed by atoms with Gasteiger partial charge in [0.15, 0.2) is 11.5 Å². The summed E-state index contributed by atoms with van der Waals surface area (Å²) in [4.78, 5) is 22.0. The highest BCUT2D eigenvalue weighted by Crippen LogP contribution is 2.49. The van der Waals surface area contributed by atoms with Gasteiger partial charge in [0.25, 0.3) is 5.91 Å². The van der Waals surface area contributed by atoms with Gasteiger partial charge in [0, 0.05) is 67.1 Å². The zero-order valence-electron chi connectivity index (χ0n) is 19.8. The summed E-state index contributed by atoms with van der Waals surface area (Å²) in [6, 6.07) is 14.5. The van der Waals surface area contributed by atoms with Crippen molar-refractivity contribution < 1.29 is 23.0 Å². The van der Waals surface area contributed by atoms with Crippen molar-refractivity contribution in [2.24, 2.45) is 0 Å². The van der Waals surface area contributed by atoms with E-state index in [4.69, 9.17) is 4.74 Å². The van der Waals surface area contributed by atoms with E-state index in [2.05, 4.69) is 26.9 Å². The Morgan fingerprint density at radius 3 is 2.67 bits per heavy atom. The van der Waals surface area contributed by atoms with Crippen LogP contribution in [0.1, 0.15) is 34.3 Å². The Kier molecular flexibility index (Phi) is 5.52. The minimum Gasteiger partial charge on any atom is -0.395 e. The molecule has 4 heterocycles. The second-order valence-electron chi connectivity index (χ2n) is 9.24. The van der Waals surface area contributed by atoms with Crippen LogP contribution < -0.4 is 14.8 Å². The van der Waals surface area contributed by atoms with Gasteiger partial charge in [0.2, 0.25) is 0 Å². The molecule has 0 aliphatic carbocycles. The predicted molar refractivity (Wildman–Crippen MR) is 131 cm³/mol. The lowest BCUT2D eigenvalue weighted by Gasteiger charge is -2.34. The number of nitrogens with zero attached hydrogens (tertiary/aromatic N) is 3. The van der Waals surface area contributed by atoms with Gasteiger partial charge < -0.3 is 24.6 Å². The van der Waals surface area contributed by atoms with E-state index in [1.54, 1.807) is 18.3 Å². The number of piperazine rings is 1. The van der Waals surface area contributed by atoms with Crippen molar-refractivity contribution in [2.75, 3.05) is 44.6 Å². The molecule has 0 radical (unpaired) electrons. The highest BCUT2D eigenvalue weighted by Gasteiger charge is 2.45. The van der Waals surface area contributed by atoms with Gasteiger partial charge >= 0.3 is 6.29 Å². The minimum absolute atomic E-state index is 0.0270. The lowest BCUT2D eigenvalue weighted by atomic mass is 9.91. The second-order valence-corrected chi connectivity index (χ2v) is 9.24. The Labute approximate surface area is 207 Å². The average Bonchev–Trinajstić information content (AvgIpc) is 3.47. The van der Waals surface area contributed by atoms with Gasteiger partial charge in [0.05, 0.1) is 0 Å². The summed E-state index contributed by atoms with van der Waals surface area (Å²) in [6.45, 7) is 6.83. The Morgan fingerprint density at radius 2 is 1.86 bits per heavy atom. The van der Waals surface area contributed by atoms with Crippen molar-refractivity contribution in [1.82, 2.24) is 14.8 Å². The van der Waals surface area contributed by atoms with Crippen molar-refractivity contribution in [2.45, 2.75) is 19.1 Å². The number of fused-ring (bicyclic) bond motifs is 2. The Bertz CT molecular complexity index is 1320. The normalized spacial score (nSPS) is 20.2. The molecule has 36 heavy (non-hydrogen) atoms. The summed E-state index contributed by atoms with van der Waals surface area (Å²) in [5, 5.41) is 3.26. The van der Waals surface area contributed by atoms with E-state index in [0.717, 1.165) is 49.4 Å². The lowest BCUT2D eigenvalue weighted by Crippen LogP contribution is -2.48. The molecule has 1 saturated heterocycles. The van der Waals surface area contributed by atoms with Crippen molar-refractivity contribution in [3.63, 3.8) is 0 Å². The number of para-hydroxylation sites is 1. The zero-order chi connectivity index (χ0) is 24.9. The largest absolute Gasteiger partial charge is 0.586 e. The number of halogens is 2. The SMILES string of the molecule is CCN1CCN(C(=O)c2cccc(-c3cnc4c(c3)C(c3cccc5c3OC(F)(F)O5)CN4)c2)CC1. The number of aromatic nitrogens is 1. The molecule has 9 heteroatoms. The van der Waals surface area contributed by atoms with Crippen molar-refractivity contribution in [1.29, 1.82) is 0 Å². The van der Waals surface area contributed by atoms with Crippen LogP contribution in [0.2, 0.25) is 0 Å².